The summed E-state index contributed by atoms with van der Waals surface area (Å²) < 4.78 is 6.96. The maximum atomic E-state index is 6.96. The van der Waals surface area contributed by atoms with Gasteiger partial charge in [-0.15, -0.1) is 0 Å². The van der Waals surface area contributed by atoms with Crippen molar-refractivity contribution in [2.75, 3.05) is 13.2 Å². The molecule has 1 N–H and O–H groups in total. The Hall–Kier alpha value is -1.99. The summed E-state index contributed by atoms with van der Waals surface area (Å²) in [5.41, 5.74) is 0. The van der Waals surface area contributed by atoms with Crippen molar-refractivity contribution in [2.45, 2.75) is 12.8 Å². The molecule has 2 nitrogen and oxygen atoms in total. The average molecular weight is 349 g/mol. The summed E-state index contributed by atoms with van der Waals surface area (Å²) in [5, 5.41) is 7.70. The van der Waals surface area contributed by atoms with Gasteiger partial charge in [-0.1, -0.05) is 0 Å². The van der Waals surface area contributed by atoms with Crippen LogP contribution in [0.15, 0.2) is 91.0 Å². The number of rotatable bonds is 3. The van der Waals surface area contributed by atoms with Crippen molar-refractivity contribution in [3.05, 3.63) is 91.0 Å². The Morgan fingerprint density at radius 2 is 1.04 bits per heavy atom. The number of nitrogens with one attached hydrogen (secondary N) is 1. The third-order valence-electron chi connectivity index (χ3n) is 5.08. The van der Waals surface area contributed by atoms with Gasteiger partial charge in [0.1, 0.15) is 0 Å². The van der Waals surface area contributed by atoms with Gasteiger partial charge in [-0.2, -0.15) is 0 Å². The molecule has 0 aromatic heterocycles. The Balaban J connectivity index is 2.12. The molecular formula is C22H24NOP. The minimum atomic E-state index is -3.17. The number of benzene rings is 3. The molecule has 1 heterocycles. The molecule has 0 unspecified atom stereocenters. The van der Waals surface area contributed by atoms with Gasteiger partial charge in [0.15, 0.2) is 0 Å². The van der Waals surface area contributed by atoms with Crippen LogP contribution in [0.1, 0.15) is 12.8 Å². The molecule has 0 aliphatic carbocycles. The fourth-order valence-electron chi connectivity index (χ4n) is 3.89. The van der Waals surface area contributed by atoms with E-state index in [9.17, 15) is 0 Å². The van der Waals surface area contributed by atoms with Crippen molar-refractivity contribution in [1.82, 2.24) is 5.09 Å². The number of hydrogen-bond acceptors (Lipinski definition) is 2. The van der Waals surface area contributed by atoms with E-state index in [0.29, 0.717) is 0 Å². The molecule has 3 aromatic rings. The summed E-state index contributed by atoms with van der Waals surface area (Å²) in [5.74, 6) is 0. The first-order valence-corrected chi connectivity index (χ1v) is 11.1. The Morgan fingerprint density at radius 3 is 1.48 bits per heavy atom. The van der Waals surface area contributed by atoms with Crippen LogP contribution in [0.25, 0.3) is 0 Å². The van der Waals surface area contributed by atoms with Crippen LogP contribution in [-0.2, 0) is 4.52 Å². The van der Waals surface area contributed by atoms with Crippen molar-refractivity contribution < 1.29 is 4.52 Å². The molecule has 1 saturated heterocycles. The van der Waals surface area contributed by atoms with Crippen LogP contribution in [-0.4, -0.2) is 13.2 Å². The molecular weight excluding hydrogens is 325 g/mol. The molecule has 3 aromatic carbocycles. The summed E-state index contributed by atoms with van der Waals surface area (Å²) in [4.78, 5) is 0. The van der Waals surface area contributed by atoms with Crippen LogP contribution in [0.2, 0.25) is 0 Å². The van der Waals surface area contributed by atoms with Crippen LogP contribution >= 0.6 is 6.98 Å². The van der Waals surface area contributed by atoms with E-state index in [4.69, 9.17) is 4.52 Å². The Labute approximate surface area is 149 Å². The minimum absolute atomic E-state index is 0.767. The van der Waals surface area contributed by atoms with E-state index in [1.807, 2.05) is 0 Å². The second-order valence-corrected chi connectivity index (χ2v) is 10.7. The van der Waals surface area contributed by atoms with Crippen molar-refractivity contribution >= 4 is 22.9 Å². The van der Waals surface area contributed by atoms with E-state index in [2.05, 4.69) is 96.1 Å². The van der Waals surface area contributed by atoms with Crippen LogP contribution < -0.4 is 21.0 Å². The van der Waals surface area contributed by atoms with Crippen molar-refractivity contribution in [2.24, 2.45) is 0 Å². The molecule has 25 heavy (non-hydrogen) atoms. The molecule has 0 radical (unpaired) electrons. The molecule has 1 aliphatic heterocycles. The summed E-state index contributed by atoms with van der Waals surface area (Å²) >= 11 is 0. The quantitative estimate of drug-likeness (QED) is 0.727. The van der Waals surface area contributed by atoms with Gasteiger partial charge in [0.2, 0.25) is 0 Å². The Morgan fingerprint density at radius 1 is 0.600 bits per heavy atom. The van der Waals surface area contributed by atoms with E-state index in [0.717, 1.165) is 26.0 Å². The molecule has 128 valence electrons. The standard InChI is InChI=1S/C22H24NOP/c1-4-12-20(13-5-1)25(21-14-6-2-7-15-21,22-16-8-3-9-17-22)23-18-10-11-19-24-25/h1-9,12-17,23H,10-11,18-19H2. The van der Waals surface area contributed by atoms with Crippen LogP contribution in [0.4, 0.5) is 0 Å². The topological polar surface area (TPSA) is 21.3 Å². The molecule has 0 spiro atoms. The Bertz CT molecular complexity index is 709. The Kier molecular flexibility index (Phi) is 4.43. The van der Waals surface area contributed by atoms with E-state index < -0.39 is 6.98 Å². The zero-order chi connectivity index (χ0) is 17.0. The van der Waals surface area contributed by atoms with Gasteiger partial charge in [-0.05, 0) is 0 Å². The second-order valence-electron chi connectivity index (χ2n) is 6.49. The van der Waals surface area contributed by atoms with Crippen molar-refractivity contribution in [3.63, 3.8) is 0 Å². The van der Waals surface area contributed by atoms with E-state index in [1.54, 1.807) is 0 Å². The second kappa shape index (κ2) is 6.72. The summed E-state index contributed by atoms with van der Waals surface area (Å²) in [7, 11) is 0. The normalized spacial score (nSPS) is 20.7. The molecule has 3 heteroatoms. The molecule has 0 amide bonds. The van der Waals surface area contributed by atoms with Crippen LogP contribution in [0.3, 0.4) is 0 Å². The van der Waals surface area contributed by atoms with Gasteiger partial charge in [0.05, 0.1) is 0 Å². The van der Waals surface area contributed by atoms with Crippen LogP contribution in [0.5, 0.6) is 0 Å². The zero-order valence-corrected chi connectivity index (χ0v) is 15.2. The van der Waals surface area contributed by atoms with Gasteiger partial charge in [-0.3, -0.25) is 0 Å². The fraction of sp³-hybridized carbons (Fsp3) is 0.182. The molecule has 0 atom stereocenters. The predicted octanol–water partition coefficient (Wildman–Crippen LogP) is 3.75. The van der Waals surface area contributed by atoms with E-state index in [1.165, 1.54) is 15.9 Å². The van der Waals surface area contributed by atoms with Gasteiger partial charge >= 0.3 is 149 Å². The maximum absolute atomic E-state index is 6.96. The summed E-state index contributed by atoms with van der Waals surface area (Å²) in [6.45, 7) is -1.45. The monoisotopic (exact) mass is 349 g/mol. The van der Waals surface area contributed by atoms with Gasteiger partial charge in [0.25, 0.3) is 0 Å². The molecule has 0 bridgehead atoms. The first-order valence-electron chi connectivity index (χ1n) is 8.95. The van der Waals surface area contributed by atoms with Crippen molar-refractivity contribution in [3.8, 4) is 0 Å². The molecule has 1 aliphatic rings. The van der Waals surface area contributed by atoms with Crippen molar-refractivity contribution in [1.29, 1.82) is 0 Å². The average Bonchev–Trinajstić information content (AvgIpc) is 2.95. The first kappa shape index (κ1) is 16.5. The zero-order valence-electron chi connectivity index (χ0n) is 14.3. The molecule has 4 rings (SSSR count). The fourth-order valence-corrected chi connectivity index (χ4v) is 9.18. The van der Waals surface area contributed by atoms with Gasteiger partial charge in [-0.25, -0.2) is 0 Å². The van der Waals surface area contributed by atoms with Gasteiger partial charge in [0, 0.05) is 0 Å². The van der Waals surface area contributed by atoms with E-state index >= 15 is 0 Å². The third kappa shape index (κ3) is 2.53. The molecule has 0 saturated carbocycles. The molecule has 1 fully saturated rings. The van der Waals surface area contributed by atoms with E-state index in [-0.39, 0.29) is 0 Å². The van der Waals surface area contributed by atoms with Crippen LogP contribution in [0, 0.1) is 0 Å². The number of hydrogen-bond donors (Lipinski definition) is 1. The summed E-state index contributed by atoms with van der Waals surface area (Å²) in [6, 6.07) is 32.2. The predicted molar refractivity (Wildman–Crippen MR) is 108 cm³/mol. The third-order valence-corrected chi connectivity index (χ3v) is 10.5. The van der Waals surface area contributed by atoms with Gasteiger partial charge < -0.3 is 0 Å². The SMILES string of the molecule is c1ccc(P2(c3ccccc3)(c3ccccc3)NCCCCO2)cc1. The summed E-state index contributed by atoms with van der Waals surface area (Å²) in [6.07, 6.45) is 2.21. The first-order chi connectivity index (χ1) is 12.4.